The number of amides is 1. The number of anilines is 1. The molecule has 17 heteroatoms. The number of phosphoric acid groups is 1. The van der Waals surface area contributed by atoms with Crippen molar-refractivity contribution < 1.29 is 52.4 Å². The number of pyridine rings is 1. The van der Waals surface area contributed by atoms with Crippen LogP contribution in [0, 0.1) is 5.82 Å². The number of rotatable bonds is 24. The fourth-order valence-electron chi connectivity index (χ4n) is 7.22. The number of aliphatic hydroxyl groups is 1. The Morgan fingerprint density at radius 3 is 2.30 bits per heavy atom. The van der Waals surface area contributed by atoms with E-state index in [0.29, 0.717) is 23.0 Å². The summed E-state index contributed by atoms with van der Waals surface area (Å²) in [6.07, 6.45) is 10.3. The first-order valence-corrected chi connectivity index (χ1v) is 23.2. The number of halogens is 3. The number of benzene rings is 4. The monoisotopic (exact) mass is 934 g/mol. The van der Waals surface area contributed by atoms with Crippen LogP contribution >= 0.6 is 31.0 Å². The molecule has 2 atom stereocenters. The fourth-order valence-corrected chi connectivity index (χ4v) is 8.23. The number of hydrogen-bond acceptors (Lipinski definition) is 9. The lowest BCUT2D eigenvalue weighted by atomic mass is 10.1. The van der Waals surface area contributed by atoms with Gasteiger partial charge >= 0.3 is 7.82 Å². The summed E-state index contributed by atoms with van der Waals surface area (Å²) in [5.74, 6) is -2.77. The van der Waals surface area contributed by atoms with Gasteiger partial charge in [-0.2, -0.15) is 4.57 Å². The van der Waals surface area contributed by atoms with Crippen LogP contribution in [-0.4, -0.2) is 57.7 Å². The number of Topliss-reactive ketones (excluding diaryl/α,β-unsaturated/α-hetero) is 1. The van der Waals surface area contributed by atoms with Crippen LogP contribution in [0.4, 0.5) is 10.1 Å². The van der Waals surface area contributed by atoms with E-state index in [2.05, 4.69) is 34.9 Å². The number of carbonyl (C=O) groups excluding carboxylic acids is 2. The van der Waals surface area contributed by atoms with Gasteiger partial charge in [0.1, 0.15) is 27.4 Å². The van der Waals surface area contributed by atoms with Crippen molar-refractivity contribution >= 4 is 59.3 Å². The molecule has 4 aromatic carbocycles. The summed E-state index contributed by atoms with van der Waals surface area (Å²) in [6.45, 7) is 2.53. The Labute approximate surface area is 380 Å². The van der Waals surface area contributed by atoms with Crippen molar-refractivity contribution in [2.45, 2.75) is 64.1 Å². The van der Waals surface area contributed by atoms with Gasteiger partial charge in [-0.05, 0) is 97.8 Å². The van der Waals surface area contributed by atoms with Gasteiger partial charge in [0.25, 0.3) is 11.7 Å². The van der Waals surface area contributed by atoms with Crippen LogP contribution in [0.25, 0.3) is 10.9 Å². The van der Waals surface area contributed by atoms with Gasteiger partial charge in [-0.15, -0.1) is 0 Å². The second-order valence-corrected chi connectivity index (χ2v) is 17.3. The molecule has 0 aliphatic heterocycles. The molecule has 0 saturated heterocycles. The molecule has 0 spiro atoms. The molecule has 0 radical (unpaired) electrons. The molecule has 6 rings (SSSR count). The summed E-state index contributed by atoms with van der Waals surface area (Å²) >= 11 is 13.1. The molecule has 13 nitrogen and oxygen atoms in total. The van der Waals surface area contributed by atoms with Crippen LogP contribution in [0.3, 0.4) is 0 Å². The van der Waals surface area contributed by atoms with Gasteiger partial charge in [0, 0.05) is 43.4 Å². The highest BCUT2D eigenvalue weighted by Gasteiger charge is 2.26. The number of nitrogens with zero attached hydrogens (tertiary/aromatic N) is 2. The molecular formula is C47H50Cl2FN4O9P. The largest absolute Gasteiger partial charge is 0.746 e. The number of ether oxygens (including phenoxy) is 1. The predicted octanol–water partition coefficient (Wildman–Crippen LogP) is 8.06. The SMILES string of the molecule is O=C(Nc1c(Cl)c[n+](Cc2ccc(C(O)CNCCCCCCOCCCCc3ccccc3)cc2OP(=O)([O-])O)cc1Cl)C(=O)c1cn(Cc2ccc(F)cc2)c2ccc(O)cc12. The third-order valence-electron chi connectivity index (χ3n) is 10.5. The summed E-state index contributed by atoms with van der Waals surface area (Å²) in [5.41, 5.74) is 3.17. The third-order valence-corrected chi connectivity index (χ3v) is 11.5. The van der Waals surface area contributed by atoms with Crippen molar-refractivity contribution in [1.29, 1.82) is 0 Å². The third kappa shape index (κ3) is 14.2. The quantitative estimate of drug-likeness (QED) is 0.0131. The number of unbranched alkanes of at least 4 members (excludes halogenated alkanes) is 4. The molecule has 338 valence electrons. The van der Waals surface area contributed by atoms with Gasteiger partial charge < -0.3 is 44.5 Å². The first-order valence-electron chi connectivity index (χ1n) is 20.9. The Balaban J connectivity index is 1.00. The second-order valence-electron chi connectivity index (χ2n) is 15.4. The van der Waals surface area contributed by atoms with Crippen LogP contribution in [0.5, 0.6) is 11.5 Å². The predicted molar refractivity (Wildman–Crippen MR) is 241 cm³/mol. The molecule has 6 aromatic rings. The van der Waals surface area contributed by atoms with Gasteiger partial charge in [-0.25, -0.2) is 4.39 Å². The lowest BCUT2D eigenvalue weighted by molar-refractivity contribution is -0.688. The van der Waals surface area contributed by atoms with E-state index >= 15 is 0 Å². The molecular weight excluding hydrogens is 885 g/mol. The first-order chi connectivity index (χ1) is 30.7. The topological polar surface area (TPSA) is 186 Å². The van der Waals surface area contributed by atoms with Crippen molar-refractivity contribution in [1.82, 2.24) is 9.88 Å². The highest BCUT2D eigenvalue weighted by atomic mass is 35.5. The minimum absolute atomic E-state index is 0.00592. The van der Waals surface area contributed by atoms with Crippen LogP contribution in [0.2, 0.25) is 10.0 Å². The fraction of sp³-hybridized carbons (Fsp3) is 0.298. The number of nitrogens with one attached hydrogen (secondary N) is 2. The van der Waals surface area contributed by atoms with E-state index in [-0.39, 0.29) is 58.0 Å². The maximum absolute atomic E-state index is 13.6. The molecule has 2 unspecified atom stereocenters. The first kappa shape index (κ1) is 48.3. The normalized spacial score (nSPS) is 12.8. The number of phenolic OH excluding ortho intramolecular Hbond substituents is 1. The number of phenols is 1. The minimum Gasteiger partial charge on any atom is -0.746 e. The van der Waals surface area contributed by atoms with Gasteiger partial charge in [0.05, 0.1) is 22.9 Å². The van der Waals surface area contributed by atoms with E-state index in [0.717, 1.165) is 63.7 Å². The van der Waals surface area contributed by atoms with E-state index in [1.54, 1.807) is 28.8 Å². The highest BCUT2D eigenvalue weighted by Crippen LogP contribution is 2.37. The van der Waals surface area contributed by atoms with E-state index in [9.17, 15) is 38.5 Å². The number of hydrogen-bond donors (Lipinski definition) is 5. The van der Waals surface area contributed by atoms with Crippen molar-refractivity contribution in [3.8, 4) is 11.5 Å². The van der Waals surface area contributed by atoms with Crippen LogP contribution < -0.4 is 24.6 Å². The molecule has 0 fully saturated rings. The lowest BCUT2D eigenvalue weighted by Crippen LogP contribution is -2.34. The summed E-state index contributed by atoms with van der Waals surface area (Å²) in [5, 5.41) is 27.0. The Bertz CT molecular complexity index is 2550. The second kappa shape index (κ2) is 23.2. The maximum atomic E-state index is 13.6. The minimum atomic E-state index is -5.27. The number of aryl methyl sites for hydroxylation is 1. The summed E-state index contributed by atoms with van der Waals surface area (Å²) in [6, 6.07) is 25.1. The molecule has 0 bridgehead atoms. The zero-order chi connectivity index (χ0) is 45.6. The molecule has 64 heavy (non-hydrogen) atoms. The summed E-state index contributed by atoms with van der Waals surface area (Å²) < 4.78 is 39.3. The Morgan fingerprint density at radius 2 is 1.58 bits per heavy atom. The van der Waals surface area contributed by atoms with Gasteiger partial charge in [-0.1, -0.05) is 84.6 Å². The molecule has 0 saturated carbocycles. The molecule has 2 heterocycles. The molecule has 0 aliphatic carbocycles. The summed E-state index contributed by atoms with van der Waals surface area (Å²) in [4.78, 5) is 48.4. The number of phosphoric ester groups is 1. The van der Waals surface area contributed by atoms with E-state index in [4.69, 9.17) is 32.5 Å². The number of fused-ring (bicyclic) bond motifs is 1. The van der Waals surface area contributed by atoms with Crippen molar-refractivity contribution in [2.24, 2.45) is 0 Å². The van der Waals surface area contributed by atoms with Crippen molar-refractivity contribution in [3.63, 3.8) is 0 Å². The summed E-state index contributed by atoms with van der Waals surface area (Å²) in [7, 11) is -5.27. The zero-order valence-corrected chi connectivity index (χ0v) is 37.3. The van der Waals surface area contributed by atoms with Crippen molar-refractivity contribution in [3.05, 3.63) is 153 Å². The Morgan fingerprint density at radius 1 is 0.875 bits per heavy atom. The number of aromatic nitrogens is 2. The van der Waals surface area contributed by atoms with E-state index in [1.165, 1.54) is 65.1 Å². The van der Waals surface area contributed by atoms with Gasteiger partial charge in [-0.3, -0.25) is 14.2 Å². The van der Waals surface area contributed by atoms with E-state index < -0.39 is 31.4 Å². The average Bonchev–Trinajstić information content (AvgIpc) is 3.61. The average molecular weight is 936 g/mol. The van der Waals surface area contributed by atoms with Crippen LogP contribution in [0.15, 0.2) is 110 Å². The number of aromatic hydroxyl groups is 1. The molecule has 2 aromatic heterocycles. The van der Waals surface area contributed by atoms with Crippen molar-refractivity contribution in [2.75, 3.05) is 31.6 Å². The smallest absolute Gasteiger partial charge is 0.317 e. The van der Waals surface area contributed by atoms with Gasteiger partial charge in [0.2, 0.25) is 0 Å². The highest BCUT2D eigenvalue weighted by molar-refractivity contribution is 7.45. The zero-order valence-electron chi connectivity index (χ0n) is 34.9. The number of aliphatic hydroxyl groups excluding tert-OH is 1. The van der Waals surface area contributed by atoms with Gasteiger partial charge in [0.15, 0.2) is 18.9 Å². The Kier molecular flexibility index (Phi) is 17.5. The van der Waals surface area contributed by atoms with E-state index in [1.807, 2.05) is 6.07 Å². The molecule has 5 N–H and O–H groups in total. The van der Waals surface area contributed by atoms with Crippen LogP contribution in [0.1, 0.15) is 77.2 Å². The maximum Gasteiger partial charge on any atom is 0.317 e. The Hall–Kier alpha value is -5.15. The molecule has 1 amide bonds. The van der Waals surface area contributed by atoms with Crippen LogP contribution in [-0.2, 0) is 33.6 Å². The number of carbonyl (C=O) groups is 2. The standard InChI is InChI=1S/C47H50Cl2FN4O9P/c48-40-30-53(31-41(49)45(40)52-47(58)46(57)39-29-54(27-33-13-17-36(50)18-14-33)42-20-19-37(55)25-38(39)42)28-35-16-15-34(24-44(35)63-64(59,60)61)43(56)26-51-21-7-1-2-8-22-62-23-9-6-12-32-10-4-3-5-11-32/h3-5,10-11,13-20,24-25,29-31,43,51,56H,1-2,6-9,12,21-23,26-28H2,(H3,55,59,60,61). The lowest BCUT2D eigenvalue weighted by Gasteiger charge is -2.20. The number of ketones is 1. The molecule has 0 aliphatic rings.